The van der Waals surface area contributed by atoms with Crippen LogP contribution in [-0.4, -0.2) is 11.8 Å². The molecule has 0 aliphatic heterocycles. The van der Waals surface area contributed by atoms with Crippen LogP contribution in [0.25, 0.3) is 0 Å². The van der Waals surface area contributed by atoms with E-state index in [-0.39, 0.29) is 5.75 Å². The summed E-state index contributed by atoms with van der Waals surface area (Å²) < 4.78 is 44.3. The monoisotopic (exact) mass is 408 g/mol. The molecule has 0 atom stereocenters. The summed E-state index contributed by atoms with van der Waals surface area (Å²) in [6, 6.07) is 4.71. The quantitative estimate of drug-likeness (QED) is 0.640. The number of alkyl halides is 3. The van der Waals surface area contributed by atoms with Crippen LogP contribution >= 0.6 is 38.5 Å². The maximum atomic E-state index is 12.6. The van der Waals surface area contributed by atoms with Gasteiger partial charge in [-0.15, -0.1) is 0 Å². The van der Waals surface area contributed by atoms with Crippen LogP contribution in [0.4, 0.5) is 13.2 Å². The maximum absolute atomic E-state index is 12.6. The fraction of sp³-hybridized carbons (Fsp3) is 0.400. The van der Waals surface area contributed by atoms with Crippen molar-refractivity contribution in [3.05, 3.63) is 26.2 Å². The lowest BCUT2D eigenvalue weighted by Crippen LogP contribution is -2.44. The Morgan fingerprint density at radius 1 is 1.25 bits per heavy atom. The highest BCUT2D eigenvalue weighted by Gasteiger charge is 2.49. The molecule has 0 saturated heterocycles. The summed E-state index contributed by atoms with van der Waals surface area (Å²) in [4.78, 5) is 0. The van der Waals surface area contributed by atoms with Crippen molar-refractivity contribution in [2.45, 2.75) is 25.6 Å². The fourth-order valence-electron chi connectivity index (χ4n) is 0.893. The van der Waals surface area contributed by atoms with Gasteiger partial charge in [0.25, 0.3) is 0 Å². The van der Waals surface area contributed by atoms with Gasteiger partial charge in [-0.1, -0.05) is 0 Å². The van der Waals surface area contributed by atoms with Gasteiger partial charge >= 0.3 is 6.18 Å². The number of rotatable bonds is 2. The van der Waals surface area contributed by atoms with Crippen LogP contribution in [-0.2, 0) is 0 Å². The number of halogens is 5. The molecule has 0 unspecified atom stereocenters. The third-order valence-corrected chi connectivity index (χ3v) is 4.27. The Morgan fingerprint density at radius 2 is 1.81 bits per heavy atom. The van der Waals surface area contributed by atoms with Gasteiger partial charge in [-0.3, -0.25) is 0 Å². The average molecular weight is 409 g/mol. The molecular weight excluding hydrogens is 400 g/mol. The molecule has 90 valence electrons. The van der Waals surface area contributed by atoms with E-state index in [4.69, 9.17) is 4.74 Å². The smallest absolute Gasteiger partial charge is 0.427 e. The lowest BCUT2D eigenvalue weighted by molar-refractivity contribution is -0.234. The summed E-state index contributed by atoms with van der Waals surface area (Å²) in [7, 11) is 0. The standard InChI is InChI=1S/C10H9BrF3IO/c1-9(2,10(12,13)14)16-6-3-4-7(11)8(15)5-6/h3-5H,1-2H3. The number of hydrogen-bond acceptors (Lipinski definition) is 1. The van der Waals surface area contributed by atoms with Crippen molar-refractivity contribution < 1.29 is 17.9 Å². The molecule has 0 fully saturated rings. The van der Waals surface area contributed by atoms with E-state index >= 15 is 0 Å². The topological polar surface area (TPSA) is 9.23 Å². The number of hydrogen-bond donors (Lipinski definition) is 0. The van der Waals surface area contributed by atoms with Crippen molar-refractivity contribution in [2.24, 2.45) is 0 Å². The first-order valence-corrected chi connectivity index (χ1v) is 6.21. The maximum Gasteiger partial charge on any atom is 0.427 e. The molecule has 1 nitrogen and oxygen atoms in total. The minimum atomic E-state index is -4.40. The first-order valence-electron chi connectivity index (χ1n) is 4.34. The van der Waals surface area contributed by atoms with Crippen molar-refractivity contribution >= 4 is 38.5 Å². The highest BCUT2D eigenvalue weighted by atomic mass is 127. The van der Waals surface area contributed by atoms with Crippen LogP contribution in [0.15, 0.2) is 22.7 Å². The molecule has 0 spiro atoms. The van der Waals surface area contributed by atoms with Crippen molar-refractivity contribution in [2.75, 3.05) is 0 Å². The van der Waals surface area contributed by atoms with E-state index in [0.29, 0.717) is 0 Å². The molecule has 0 bridgehead atoms. The van der Waals surface area contributed by atoms with Crippen LogP contribution in [0.5, 0.6) is 5.75 Å². The zero-order valence-electron chi connectivity index (χ0n) is 8.53. The van der Waals surface area contributed by atoms with E-state index < -0.39 is 11.8 Å². The van der Waals surface area contributed by atoms with E-state index in [1.807, 2.05) is 22.6 Å². The highest BCUT2D eigenvalue weighted by molar-refractivity contribution is 14.1. The van der Waals surface area contributed by atoms with Crippen molar-refractivity contribution in [3.8, 4) is 5.75 Å². The van der Waals surface area contributed by atoms with Gasteiger partial charge in [-0.25, -0.2) is 0 Å². The van der Waals surface area contributed by atoms with Gasteiger partial charge in [0.05, 0.1) is 0 Å². The molecule has 0 radical (unpaired) electrons. The molecule has 0 amide bonds. The SMILES string of the molecule is CC(C)(Oc1ccc(Br)c(I)c1)C(F)(F)F. The molecule has 0 saturated carbocycles. The Balaban J connectivity index is 2.93. The second kappa shape index (κ2) is 4.72. The molecule has 1 aromatic rings. The summed E-state index contributed by atoms with van der Waals surface area (Å²) in [6.07, 6.45) is -4.40. The molecule has 0 aliphatic carbocycles. The van der Waals surface area contributed by atoms with Gasteiger partial charge in [0.1, 0.15) is 5.75 Å². The second-order valence-electron chi connectivity index (χ2n) is 3.69. The minimum Gasteiger partial charge on any atom is -0.478 e. The molecule has 0 aromatic heterocycles. The van der Waals surface area contributed by atoms with Crippen LogP contribution in [0, 0.1) is 3.57 Å². The predicted octanol–water partition coefficient (Wildman–Crippen LogP) is 4.77. The second-order valence-corrected chi connectivity index (χ2v) is 5.70. The Labute approximate surface area is 114 Å². The van der Waals surface area contributed by atoms with Crippen LogP contribution in [0.1, 0.15) is 13.8 Å². The third kappa shape index (κ3) is 3.26. The zero-order valence-corrected chi connectivity index (χ0v) is 12.3. The minimum absolute atomic E-state index is 0.204. The molecule has 0 N–H and O–H groups in total. The molecule has 6 heteroatoms. The summed E-state index contributed by atoms with van der Waals surface area (Å²) in [5.74, 6) is 0.204. The summed E-state index contributed by atoms with van der Waals surface area (Å²) in [5.41, 5.74) is -2.19. The van der Waals surface area contributed by atoms with E-state index in [9.17, 15) is 13.2 Å². The van der Waals surface area contributed by atoms with E-state index in [1.54, 1.807) is 12.1 Å². The van der Waals surface area contributed by atoms with Crippen LogP contribution < -0.4 is 4.74 Å². The Morgan fingerprint density at radius 3 is 2.25 bits per heavy atom. The van der Waals surface area contributed by atoms with Gasteiger partial charge in [0.2, 0.25) is 0 Å². The molecule has 1 rings (SSSR count). The highest BCUT2D eigenvalue weighted by Crippen LogP contribution is 2.35. The summed E-state index contributed by atoms with van der Waals surface area (Å²) in [5, 5.41) is 0. The molecule has 16 heavy (non-hydrogen) atoms. The Kier molecular flexibility index (Phi) is 4.15. The first kappa shape index (κ1) is 14.1. The fourth-order valence-corrected chi connectivity index (χ4v) is 1.63. The average Bonchev–Trinajstić information content (AvgIpc) is 2.09. The van der Waals surface area contributed by atoms with E-state index in [1.165, 1.54) is 6.07 Å². The lowest BCUT2D eigenvalue weighted by atomic mass is 10.1. The van der Waals surface area contributed by atoms with Gasteiger partial charge in [-0.05, 0) is 70.6 Å². The normalized spacial score (nSPS) is 12.7. The Bertz CT molecular complexity index is 390. The number of benzene rings is 1. The van der Waals surface area contributed by atoms with Crippen molar-refractivity contribution in [3.63, 3.8) is 0 Å². The first-order chi connectivity index (χ1) is 7.13. The largest absolute Gasteiger partial charge is 0.478 e. The van der Waals surface area contributed by atoms with Gasteiger partial charge in [-0.2, -0.15) is 13.2 Å². The molecule has 1 aromatic carbocycles. The van der Waals surface area contributed by atoms with Crippen molar-refractivity contribution in [1.82, 2.24) is 0 Å². The summed E-state index contributed by atoms with van der Waals surface area (Å²) >= 11 is 5.28. The van der Waals surface area contributed by atoms with Crippen molar-refractivity contribution in [1.29, 1.82) is 0 Å². The van der Waals surface area contributed by atoms with Crippen LogP contribution in [0.2, 0.25) is 0 Å². The molecular formula is C10H9BrF3IO. The van der Waals surface area contributed by atoms with Gasteiger partial charge in [0.15, 0.2) is 5.60 Å². The zero-order chi connectivity index (χ0) is 12.6. The number of ether oxygens (including phenoxy) is 1. The van der Waals surface area contributed by atoms with Gasteiger partial charge < -0.3 is 4.74 Å². The van der Waals surface area contributed by atoms with E-state index in [0.717, 1.165) is 21.9 Å². The lowest BCUT2D eigenvalue weighted by Gasteiger charge is -2.28. The third-order valence-electron chi connectivity index (χ3n) is 1.95. The van der Waals surface area contributed by atoms with Gasteiger partial charge in [0, 0.05) is 8.04 Å². The van der Waals surface area contributed by atoms with Crippen LogP contribution in [0.3, 0.4) is 0 Å². The van der Waals surface area contributed by atoms with E-state index in [2.05, 4.69) is 15.9 Å². The predicted molar refractivity (Wildman–Crippen MR) is 67.6 cm³/mol. The summed E-state index contributed by atoms with van der Waals surface area (Å²) in [6.45, 7) is 2.00. The molecule has 0 heterocycles. The molecule has 0 aliphatic rings. The Hall–Kier alpha value is 0.0200.